The van der Waals surface area contributed by atoms with Crippen LogP contribution < -0.4 is 5.32 Å². The van der Waals surface area contributed by atoms with Gasteiger partial charge in [0, 0.05) is 28.9 Å². The Labute approximate surface area is 149 Å². The third-order valence-electron chi connectivity index (χ3n) is 5.54. The molecule has 2 N–H and O–H groups in total. The molecule has 0 radical (unpaired) electrons. The molecule has 0 unspecified atom stereocenters. The number of rotatable bonds is 3. The number of hydrogen-bond donors (Lipinski definition) is 2. The van der Waals surface area contributed by atoms with Crippen LogP contribution in [0.1, 0.15) is 55.2 Å². The predicted octanol–water partition coefficient (Wildman–Crippen LogP) is 5.13. The summed E-state index contributed by atoms with van der Waals surface area (Å²) in [5, 5.41) is 4.86. The van der Waals surface area contributed by atoms with Crippen molar-refractivity contribution in [1.29, 1.82) is 0 Å². The van der Waals surface area contributed by atoms with Crippen LogP contribution in [0.2, 0.25) is 0 Å². The molecular weight excluding hydrogens is 306 g/mol. The number of aryl methyl sites for hydroxylation is 1. The molecule has 0 saturated carbocycles. The minimum absolute atomic E-state index is 0.472. The summed E-state index contributed by atoms with van der Waals surface area (Å²) in [6.07, 6.45) is 6.32. The molecule has 1 aromatic carbocycles. The van der Waals surface area contributed by atoms with Gasteiger partial charge in [-0.25, -0.2) is 0 Å². The number of benzene rings is 1. The van der Waals surface area contributed by atoms with E-state index in [2.05, 4.69) is 60.3 Å². The van der Waals surface area contributed by atoms with Crippen LogP contribution in [0, 0.1) is 6.92 Å². The maximum Gasteiger partial charge on any atom is 0.0503 e. The number of nitrogens with one attached hydrogen (secondary N) is 2. The van der Waals surface area contributed by atoms with Crippen molar-refractivity contribution in [3.8, 4) is 11.3 Å². The van der Waals surface area contributed by atoms with Crippen LogP contribution in [0.5, 0.6) is 0 Å². The molecule has 0 amide bonds. The number of nitrogens with zero attached hydrogens (tertiary/aromatic N) is 1. The molecule has 130 valence electrons. The van der Waals surface area contributed by atoms with Gasteiger partial charge in [0.25, 0.3) is 0 Å². The van der Waals surface area contributed by atoms with Crippen molar-refractivity contribution in [3.05, 3.63) is 53.3 Å². The van der Waals surface area contributed by atoms with E-state index in [0.29, 0.717) is 11.8 Å². The second kappa shape index (κ2) is 6.64. The molecule has 0 atom stereocenters. The first kappa shape index (κ1) is 16.3. The normalized spacial score (nSPS) is 16.0. The molecule has 0 bridgehead atoms. The average molecular weight is 333 g/mol. The van der Waals surface area contributed by atoms with Crippen LogP contribution in [-0.2, 0) is 0 Å². The molecule has 1 aliphatic heterocycles. The van der Waals surface area contributed by atoms with Crippen LogP contribution in [0.15, 0.2) is 36.7 Å². The lowest BCUT2D eigenvalue weighted by molar-refractivity contribution is 0.460. The molecule has 3 heteroatoms. The Balaban J connectivity index is 1.87. The zero-order chi connectivity index (χ0) is 17.4. The zero-order valence-electron chi connectivity index (χ0n) is 15.4. The molecule has 25 heavy (non-hydrogen) atoms. The number of aromatic nitrogens is 2. The third-order valence-corrected chi connectivity index (χ3v) is 5.54. The van der Waals surface area contributed by atoms with E-state index in [1.165, 1.54) is 51.7 Å². The van der Waals surface area contributed by atoms with Gasteiger partial charge in [0.2, 0.25) is 0 Å². The van der Waals surface area contributed by atoms with E-state index in [1.807, 2.05) is 12.4 Å². The Morgan fingerprint density at radius 1 is 1.12 bits per heavy atom. The lowest BCUT2D eigenvalue weighted by Crippen LogP contribution is -2.26. The highest BCUT2D eigenvalue weighted by Crippen LogP contribution is 2.38. The topological polar surface area (TPSA) is 40.7 Å². The molecule has 0 aliphatic carbocycles. The minimum atomic E-state index is 0.472. The van der Waals surface area contributed by atoms with E-state index < -0.39 is 0 Å². The van der Waals surface area contributed by atoms with Crippen molar-refractivity contribution in [2.45, 2.75) is 45.4 Å². The lowest BCUT2D eigenvalue weighted by Gasteiger charge is -2.23. The molecule has 1 saturated heterocycles. The monoisotopic (exact) mass is 333 g/mol. The van der Waals surface area contributed by atoms with Gasteiger partial charge >= 0.3 is 0 Å². The molecule has 1 fully saturated rings. The summed E-state index contributed by atoms with van der Waals surface area (Å²) >= 11 is 0. The first-order valence-corrected chi connectivity index (χ1v) is 9.42. The summed E-state index contributed by atoms with van der Waals surface area (Å²) in [6.45, 7) is 8.99. The highest BCUT2D eigenvalue weighted by atomic mass is 14.9. The number of pyridine rings is 1. The smallest absolute Gasteiger partial charge is 0.0503 e. The van der Waals surface area contributed by atoms with Gasteiger partial charge in [-0.15, -0.1) is 0 Å². The minimum Gasteiger partial charge on any atom is -0.354 e. The quantitative estimate of drug-likeness (QED) is 0.697. The van der Waals surface area contributed by atoms with Gasteiger partial charge in [0.15, 0.2) is 0 Å². The van der Waals surface area contributed by atoms with E-state index in [4.69, 9.17) is 0 Å². The summed E-state index contributed by atoms with van der Waals surface area (Å²) in [5.41, 5.74) is 7.90. The van der Waals surface area contributed by atoms with Crippen LogP contribution >= 0.6 is 0 Å². The number of aromatic amines is 1. The molecule has 1 aliphatic rings. The standard InChI is InChI=1S/C22H27N3/c1-14(2)21-19-12-17(16-6-9-23-10-7-16)4-5-20(19)25-22(21)18-8-11-24-13-15(18)3/h4-5,8,11-14,16,23,25H,6-7,9-10H2,1-3H3. The fourth-order valence-electron chi connectivity index (χ4n) is 4.21. The van der Waals surface area contributed by atoms with Gasteiger partial charge in [-0.1, -0.05) is 19.9 Å². The molecule has 3 heterocycles. The molecule has 0 spiro atoms. The van der Waals surface area contributed by atoms with Gasteiger partial charge in [-0.2, -0.15) is 0 Å². The molecule has 3 aromatic rings. The summed E-state index contributed by atoms with van der Waals surface area (Å²) in [7, 11) is 0. The van der Waals surface area contributed by atoms with Crippen molar-refractivity contribution >= 4 is 10.9 Å². The Bertz CT molecular complexity index is 885. The van der Waals surface area contributed by atoms with E-state index in [-0.39, 0.29) is 0 Å². The SMILES string of the molecule is Cc1cnccc1-c1[nH]c2ccc(C3CCNCC3)cc2c1C(C)C. The maximum absolute atomic E-state index is 4.25. The van der Waals surface area contributed by atoms with Crippen LogP contribution in [-0.4, -0.2) is 23.1 Å². The summed E-state index contributed by atoms with van der Waals surface area (Å²) in [5.74, 6) is 1.16. The second-order valence-corrected chi connectivity index (χ2v) is 7.59. The number of hydrogen-bond acceptors (Lipinski definition) is 2. The highest BCUT2D eigenvalue weighted by Gasteiger charge is 2.20. The molecule has 2 aromatic heterocycles. The molecular formula is C22H27N3. The fourth-order valence-corrected chi connectivity index (χ4v) is 4.21. The van der Waals surface area contributed by atoms with Gasteiger partial charge in [0.05, 0.1) is 5.69 Å². The Morgan fingerprint density at radius 3 is 2.64 bits per heavy atom. The number of fused-ring (bicyclic) bond motifs is 1. The van der Waals surface area contributed by atoms with E-state index in [0.717, 1.165) is 13.1 Å². The predicted molar refractivity (Wildman–Crippen MR) is 105 cm³/mol. The number of H-pyrrole nitrogens is 1. The van der Waals surface area contributed by atoms with Crippen molar-refractivity contribution in [2.24, 2.45) is 0 Å². The van der Waals surface area contributed by atoms with Gasteiger partial charge in [0.1, 0.15) is 0 Å². The van der Waals surface area contributed by atoms with Crippen LogP contribution in [0.3, 0.4) is 0 Å². The van der Waals surface area contributed by atoms with Crippen molar-refractivity contribution in [3.63, 3.8) is 0 Å². The molecule has 4 rings (SSSR count). The van der Waals surface area contributed by atoms with Crippen molar-refractivity contribution in [2.75, 3.05) is 13.1 Å². The zero-order valence-corrected chi connectivity index (χ0v) is 15.4. The highest BCUT2D eigenvalue weighted by molar-refractivity contribution is 5.92. The van der Waals surface area contributed by atoms with E-state index in [1.54, 1.807) is 0 Å². The van der Waals surface area contributed by atoms with E-state index in [9.17, 15) is 0 Å². The largest absolute Gasteiger partial charge is 0.354 e. The van der Waals surface area contributed by atoms with Crippen molar-refractivity contribution < 1.29 is 0 Å². The molecule has 3 nitrogen and oxygen atoms in total. The Hall–Kier alpha value is -2.13. The second-order valence-electron chi connectivity index (χ2n) is 7.59. The van der Waals surface area contributed by atoms with Gasteiger partial charge in [-0.05, 0) is 79.6 Å². The summed E-state index contributed by atoms with van der Waals surface area (Å²) < 4.78 is 0. The lowest BCUT2D eigenvalue weighted by atomic mass is 9.88. The van der Waals surface area contributed by atoms with Crippen LogP contribution in [0.4, 0.5) is 0 Å². The van der Waals surface area contributed by atoms with Gasteiger partial charge in [-0.3, -0.25) is 4.98 Å². The summed E-state index contributed by atoms with van der Waals surface area (Å²) in [4.78, 5) is 7.95. The van der Waals surface area contributed by atoms with Crippen LogP contribution in [0.25, 0.3) is 22.2 Å². The van der Waals surface area contributed by atoms with Gasteiger partial charge < -0.3 is 10.3 Å². The first-order valence-electron chi connectivity index (χ1n) is 9.42. The van der Waals surface area contributed by atoms with E-state index >= 15 is 0 Å². The average Bonchev–Trinajstić information content (AvgIpc) is 3.01. The van der Waals surface area contributed by atoms with Crippen molar-refractivity contribution in [1.82, 2.24) is 15.3 Å². The fraction of sp³-hybridized carbons (Fsp3) is 0.409. The number of piperidine rings is 1. The Kier molecular flexibility index (Phi) is 4.34. The first-order chi connectivity index (χ1) is 12.1. The Morgan fingerprint density at radius 2 is 1.92 bits per heavy atom. The third kappa shape index (κ3) is 2.98. The summed E-state index contributed by atoms with van der Waals surface area (Å²) in [6, 6.07) is 9.16. The maximum atomic E-state index is 4.25.